The van der Waals surface area contributed by atoms with Crippen molar-refractivity contribution in [2.45, 2.75) is 17.7 Å². The highest BCUT2D eigenvalue weighted by Crippen LogP contribution is 2.37. The van der Waals surface area contributed by atoms with Gasteiger partial charge in [-0.15, -0.1) is 0 Å². The van der Waals surface area contributed by atoms with Crippen LogP contribution in [0.15, 0.2) is 23.1 Å². The van der Waals surface area contributed by atoms with E-state index in [0.29, 0.717) is 12.1 Å². The molecule has 28 heavy (non-hydrogen) atoms. The molecule has 0 spiro atoms. The maximum Gasteiger partial charge on any atom is 0.274 e. The minimum atomic E-state index is -4.94. The Morgan fingerprint density at radius 3 is 1.96 bits per heavy atom. The minimum Gasteiger partial charge on any atom is -0.273 e. The zero-order chi connectivity index (χ0) is 21.0. The minimum absolute atomic E-state index is 0.0521. The molecule has 1 aliphatic heterocycles. The third kappa shape index (κ3) is 3.04. The van der Waals surface area contributed by atoms with Crippen LogP contribution in [-0.2, 0) is 19.6 Å². The normalized spacial score (nSPS) is 14.9. The van der Waals surface area contributed by atoms with E-state index in [9.17, 15) is 40.0 Å². The quantitative estimate of drug-likeness (QED) is 0.317. The zero-order valence-corrected chi connectivity index (χ0v) is 15.0. The number of benzene rings is 2. The maximum absolute atomic E-state index is 14.3. The summed E-state index contributed by atoms with van der Waals surface area (Å²) in [5.74, 6) is -11.4. The maximum atomic E-state index is 14.3. The Balaban J connectivity index is 2.28. The lowest BCUT2D eigenvalue weighted by Gasteiger charge is -2.17. The Morgan fingerprint density at radius 1 is 0.821 bits per heavy atom. The lowest BCUT2D eigenvalue weighted by atomic mass is 10.0. The molecule has 0 unspecified atom stereocenters. The third-order valence-electron chi connectivity index (χ3n) is 3.93. The van der Waals surface area contributed by atoms with E-state index in [1.165, 1.54) is 0 Å². The molecule has 1 saturated heterocycles. The van der Waals surface area contributed by atoms with Crippen LogP contribution in [0.2, 0.25) is 5.02 Å². The number of amides is 2. The van der Waals surface area contributed by atoms with E-state index in [-0.39, 0.29) is 10.4 Å². The SMILES string of the molecule is O=C1CCC(=O)N1S(=O)(=O)c1cc(-c2c(F)cc(F)c(F)c2F)c(F)cc1Cl. The smallest absolute Gasteiger partial charge is 0.273 e. The van der Waals surface area contributed by atoms with Crippen molar-refractivity contribution in [3.05, 3.63) is 52.3 Å². The van der Waals surface area contributed by atoms with Crippen molar-refractivity contribution in [2.75, 3.05) is 0 Å². The van der Waals surface area contributed by atoms with Crippen molar-refractivity contribution in [3.8, 4) is 11.1 Å². The topological polar surface area (TPSA) is 71.5 Å². The first-order valence-corrected chi connectivity index (χ1v) is 9.22. The molecule has 1 fully saturated rings. The zero-order valence-electron chi connectivity index (χ0n) is 13.4. The lowest BCUT2D eigenvalue weighted by Crippen LogP contribution is -2.35. The first-order chi connectivity index (χ1) is 13.0. The number of carbonyl (C=O) groups is 2. The Kier molecular flexibility index (Phi) is 4.92. The summed E-state index contributed by atoms with van der Waals surface area (Å²) in [5.41, 5.74) is -2.49. The molecule has 0 saturated carbocycles. The van der Waals surface area contributed by atoms with Gasteiger partial charge in [-0.3, -0.25) is 9.59 Å². The van der Waals surface area contributed by atoms with Gasteiger partial charge in [0, 0.05) is 24.5 Å². The molecule has 0 radical (unpaired) electrons. The van der Waals surface area contributed by atoms with Crippen molar-refractivity contribution >= 4 is 33.4 Å². The Hall–Kier alpha value is -2.53. The van der Waals surface area contributed by atoms with Gasteiger partial charge in [0.2, 0.25) is 11.8 Å². The fraction of sp³-hybridized carbons (Fsp3) is 0.125. The largest absolute Gasteiger partial charge is 0.274 e. The molecule has 2 aromatic carbocycles. The molecule has 148 valence electrons. The van der Waals surface area contributed by atoms with Crippen LogP contribution >= 0.6 is 11.6 Å². The van der Waals surface area contributed by atoms with Crippen LogP contribution in [0.3, 0.4) is 0 Å². The number of hydrogen-bond donors (Lipinski definition) is 0. The second kappa shape index (κ2) is 6.82. The highest BCUT2D eigenvalue weighted by atomic mass is 35.5. The summed E-state index contributed by atoms with van der Waals surface area (Å²) >= 11 is 5.69. The first-order valence-electron chi connectivity index (χ1n) is 7.40. The fourth-order valence-electron chi connectivity index (χ4n) is 2.65. The average molecular weight is 440 g/mol. The molecule has 1 heterocycles. The molecular weight excluding hydrogens is 433 g/mol. The fourth-order valence-corrected chi connectivity index (χ4v) is 4.58. The van der Waals surface area contributed by atoms with E-state index in [0.717, 1.165) is 0 Å². The number of carbonyl (C=O) groups excluding carboxylic acids is 2. The van der Waals surface area contributed by atoms with Gasteiger partial charge in [0.05, 0.1) is 10.6 Å². The van der Waals surface area contributed by atoms with Crippen LogP contribution in [0.4, 0.5) is 22.0 Å². The van der Waals surface area contributed by atoms with Gasteiger partial charge in [-0.1, -0.05) is 11.6 Å². The van der Waals surface area contributed by atoms with Gasteiger partial charge < -0.3 is 0 Å². The van der Waals surface area contributed by atoms with Crippen LogP contribution in [0.25, 0.3) is 11.1 Å². The number of nitrogens with zero attached hydrogens (tertiary/aromatic N) is 1. The molecule has 0 atom stereocenters. The number of hydrogen-bond acceptors (Lipinski definition) is 4. The number of rotatable bonds is 3. The second-order valence-corrected chi connectivity index (χ2v) is 7.82. The predicted octanol–water partition coefficient (Wildman–Crippen LogP) is 3.54. The van der Waals surface area contributed by atoms with Gasteiger partial charge in [-0.05, 0) is 12.1 Å². The number of imide groups is 1. The Bertz CT molecular complexity index is 1140. The second-order valence-electron chi connectivity index (χ2n) is 5.66. The van der Waals surface area contributed by atoms with Gasteiger partial charge >= 0.3 is 0 Å². The molecule has 5 nitrogen and oxygen atoms in total. The van der Waals surface area contributed by atoms with E-state index in [1.807, 2.05) is 0 Å². The van der Waals surface area contributed by atoms with E-state index in [4.69, 9.17) is 11.6 Å². The van der Waals surface area contributed by atoms with Gasteiger partial charge in [0.15, 0.2) is 17.5 Å². The average Bonchev–Trinajstić information content (AvgIpc) is 2.93. The molecule has 0 N–H and O–H groups in total. The van der Waals surface area contributed by atoms with Crippen molar-refractivity contribution < 1.29 is 40.0 Å². The van der Waals surface area contributed by atoms with Crippen molar-refractivity contribution in [2.24, 2.45) is 0 Å². The van der Waals surface area contributed by atoms with Crippen LogP contribution < -0.4 is 0 Å². The van der Waals surface area contributed by atoms with E-state index < -0.39 is 84.8 Å². The molecule has 0 bridgehead atoms. The summed E-state index contributed by atoms with van der Waals surface area (Å²) in [5, 5.41) is -0.794. The summed E-state index contributed by atoms with van der Waals surface area (Å²) in [7, 11) is -4.94. The molecule has 12 heteroatoms. The molecule has 0 aliphatic carbocycles. The van der Waals surface area contributed by atoms with Crippen molar-refractivity contribution in [1.82, 2.24) is 4.31 Å². The summed E-state index contributed by atoms with van der Waals surface area (Å²) in [6, 6.07) is 0.642. The van der Waals surface area contributed by atoms with Crippen LogP contribution in [0, 0.1) is 29.1 Å². The van der Waals surface area contributed by atoms with Gasteiger partial charge in [0.25, 0.3) is 10.0 Å². The predicted molar refractivity (Wildman–Crippen MR) is 85.0 cm³/mol. The summed E-state index contributed by atoms with van der Waals surface area (Å²) in [6.07, 6.45) is -0.785. The molecule has 2 amide bonds. The highest BCUT2D eigenvalue weighted by molar-refractivity contribution is 7.90. The van der Waals surface area contributed by atoms with Gasteiger partial charge in [0.1, 0.15) is 16.5 Å². The van der Waals surface area contributed by atoms with Gasteiger partial charge in [-0.25, -0.2) is 30.4 Å². The van der Waals surface area contributed by atoms with Gasteiger partial charge in [-0.2, -0.15) is 4.31 Å². The molecular formula is C16H7ClF5NO4S. The summed E-state index contributed by atoms with van der Waals surface area (Å²) in [6.45, 7) is 0. The number of halogens is 6. The van der Waals surface area contributed by atoms with Crippen LogP contribution in [-0.4, -0.2) is 24.5 Å². The lowest BCUT2D eigenvalue weighted by molar-refractivity contribution is -0.132. The molecule has 2 aromatic rings. The van der Waals surface area contributed by atoms with E-state index in [2.05, 4.69) is 0 Å². The first kappa shape index (κ1) is 20.2. The van der Waals surface area contributed by atoms with Crippen molar-refractivity contribution in [1.29, 1.82) is 0 Å². The van der Waals surface area contributed by atoms with Crippen LogP contribution in [0.5, 0.6) is 0 Å². The Labute approximate surface area is 159 Å². The highest BCUT2D eigenvalue weighted by Gasteiger charge is 2.41. The molecule has 0 aromatic heterocycles. The van der Waals surface area contributed by atoms with E-state index >= 15 is 0 Å². The monoisotopic (exact) mass is 439 g/mol. The van der Waals surface area contributed by atoms with Crippen LogP contribution in [0.1, 0.15) is 12.8 Å². The molecule has 1 aliphatic rings. The Morgan fingerprint density at radius 2 is 1.39 bits per heavy atom. The third-order valence-corrected chi connectivity index (χ3v) is 6.14. The standard InChI is InChI=1S/C16H7ClF5NO4S/c17-7-4-8(18)6(14-9(19)5-10(20)15(21)16(14)22)3-11(7)28(26,27)23-12(24)1-2-13(23)25/h3-5H,1-2H2. The van der Waals surface area contributed by atoms with Crippen molar-refractivity contribution in [3.63, 3.8) is 0 Å². The summed E-state index contributed by atoms with van der Waals surface area (Å²) in [4.78, 5) is 22.4. The number of sulfonamides is 1. The van der Waals surface area contributed by atoms with E-state index in [1.54, 1.807) is 0 Å². The molecule has 3 rings (SSSR count). The summed E-state index contributed by atoms with van der Waals surface area (Å²) < 4.78 is 94.0.